The van der Waals surface area contributed by atoms with Gasteiger partial charge in [-0.3, -0.25) is 0 Å². The number of halogens is 3. The van der Waals surface area contributed by atoms with Crippen LogP contribution in [0.25, 0.3) is 12.2 Å². The number of aromatic nitrogens is 5. The van der Waals surface area contributed by atoms with Gasteiger partial charge in [-0.25, -0.2) is 9.67 Å². The number of hydrogen-bond acceptors (Lipinski definition) is 6. The summed E-state index contributed by atoms with van der Waals surface area (Å²) in [6.45, 7) is 8.66. The first-order chi connectivity index (χ1) is 16.1. The molecule has 1 fully saturated rings. The summed E-state index contributed by atoms with van der Waals surface area (Å²) >= 11 is 4.46. The first-order valence-corrected chi connectivity index (χ1v) is 11.1. The Morgan fingerprint density at radius 2 is 2.21 bits per heavy atom. The molecule has 3 heterocycles. The number of allylic oxidation sites excluding steroid dienone is 1. The summed E-state index contributed by atoms with van der Waals surface area (Å²) in [5.41, 5.74) is 5.38. The van der Waals surface area contributed by atoms with Crippen LogP contribution in [0.5, 0.6) is 0 Å². The zero-order valence-electron chi connectivity index (χ0n) is 19.1. The number of aliphatic hydroxyl groups is 1. The topological polar surface area (TPSA) is 116 Å². The zero-order valence-corrected chi connectivity index (χ0v) is 19.9. The van der Waals surface area contributed by atoms with Crippen molar-refractivity contribution in [3.05, 3.63) is 41.1 Å². The van der Waals surface area contributed by atoms with Crippen molar-refractivity contribution in [2.24, 2.45) is 5.73 Å². The average molecular weight is 502 g/mol. The quantitative estimate of drug-likeness (QED) is 0.495. The number of rotatable bonds is 6. The Hall–Kier alpha value is -2.77. The fourth-order valence-electron chi connectivity index (χ4n) is 3.39. The van der Waals surface area contributed by atoms with Crippen LogP contribution in [0.2, 0.25) is 0 Å². The van der Waals surface area contributed by atoms with Crippen molar-refractivity contribution < 1.29 is 23.0 Å². The van der Waals surface area contributed by atoms with Crippen LogP contribution >= 0.6 is 12.2 Å². The molecule has 4 N–H and O–H groups in total. The summed E-state index contributed by atoms with van der Waals surface area (Å²) in [6.07, 6.45) is 1.87. The van der Waals surface area contributed by atoms with Crippen LogP contribution < -0.4 is 21.7 Å². The van der Waals surface area contributed by atoms with Gasteiger partial charge in [0, 0.05) is 19.6 Å². The second-order valence-corrected chi connectivity index (χ2v) is 7.92. The molecule has 2 aromatic rings. The Kier molecular flexibility index (Phi) is 10.2. The van der Waals surface area contributed by atoms with Gasteiger partial charge in [-0.1, -0.05) is 23.9 Å². The van der Waals surface area contributed by atoms with Crippen LogP contribution in [0.15, 0.2) is 18.9 Å². The number of aliphatic hydroxyl groups excluding tert-OH is 1. The maximum Gasteiger partial charge on any atom is 0.449 e. The Morgan fingerprint density at radius 3 is 2.74 bits per heavy atom. The molecule has 1 aliphatic heterocycles. The number of nitrogens with zero attached hydrogens (tertiary/aromatic N) is 5. The summed E-state index contributed by atoms with van der Waals surface area (Å²) in [6, 6.07) is 0. The van der Waals surface area contributed by atoms with E-state index in [1.165, 1.54) is 22.9 Å². The van der Waals surface area contributed by atoms with Crippen LogP contribution in [-0.4, -0.2) is 60.1 Å². The van der Waals surface area contributed by atoms with Crippen LogP contribution in [0.4, 0.5) is 13.2 Å². The van der Waals surface area contributed by atoms with Gasteiger partial charge in [0.25, 0.3) is 0 Å². The van der Waals surface area contributed by atoms with Crippen molar-refractivity contribution in [3.8, 4) is 0 Å². The van der Waals surface area contributed by atoms with Crippen molar-refractivity contribution in [2.75, 3.05) is 13.2 Å². The molecular formula is C21H30F3N7O2S. The highest BCUT2D eigenvalue weighted by Crippen LogP contribution is 2.26. The Balaban J connectivity index is 0.000000604. The fourth-order valence-corrected chi connectivity index (χ4v) is 3.54. The lowest BCUT2D eigenvalue weighted by Crippen LogP contribution is -2.32. The number of thiocarbonyl (C=S) groups is 1. The zero-order chi connectivity index (χ0) is 25.3. The maximum atomic E-state index is 13.5. The van der Waals surface area contributed by atoms with E-state index in [1.54, 1.807) is 13.1 Å². The number of ether oxygens (including phenoxy) is 1. The van der Waals surface area contributed by atoms with Crippen LogP contribution in [0.3, 0.4) is 0 Å². The first-order valence-electron chi connectivity index (χ1n) is 10.7. The highest BCUT2D eigenvalue weighted by atomic mass is 32.1. The summed E-state index contributed by atoms with van der Waals surface area (Å²) in [4.78, 5) is 3.72. The van der Waals surface area contributed by atoms with Crippen LogP contribution in [0.1, 0.15) is 38.2 Å². The second kappa shape index (κ2) is 12.6. The Bertz CT molecular complexity index is 1080. The number of nitrogens with one attached hydrogen (secondary N) is 1. The molecule has 0 spiro atoms. The summed E-state index contributed by atoms with van der Waals surface area (Å²) in [5.74, 6) is -0.998. The lowest BCUT2D eigenvalue weighted by Gasteiger charge is -2.26. The van der Waals surface area contributed by atoms with E-state index in [0.717, 1.165) is 11.1 Å². The molecule has 0 amide bonds. The van der Waals surface area contributed by atoms with Crippen molar-refractivity contribution in [3.63, 3.8) is 0 Å². The molecular weight excluding hydrogens is 471 g/mol. The van der Waals surface area contributed by atoms with Gasteiger partial charge < -0.3 is 25.5 Å². The molecule has 34 heavy (non-hydrogen) atoms. The van der Waals surface area contributed by atoms with E-state index < -0.39 is 18.1 Å². The lowest BCUT2D eigenvalue weighted by molar-refractivity contribution is -0.147. The van der Waals surface area contributed by atoms with Gasteiger partial charge in [0.1, 0.15) is 5.69 Å². The summed E-state index contributed by atoms with van der Waals surface area (Å²) in [7, 11) is 0. The van der Waals surface area contributed by atoms with Crippen LogP contribution in [-0.2, 0) is 24.0 Å². The molecule has 9 nitrogen and oxygen atoms in total. The van der Waals surface area contributed by atoms with Gasteiger partial charge in [0.05, 0.1) is 42.2 Å². The van der Waals surface area contributed by atoms with Gasteiger partial charge in [-0.05, 0) is 38.6 Å². The highest BCUT2D eigenvalue weighted by molar-refractivity contribution is 7.80. The van der Waals surface area contributed by atoms with Crippen molar-refractivity contribution >= 4 is 29.5 Å². The minimum atomic E-state index is -4.60. The largest absolute Gasteiger partial charge is 0.449 e. The molecule has 0 radical (unpaired) electrons. The third-order valence-electron chi connectivity index (χ3n) is 4.83. The van der Waals surface area contributed by atoms with Gasteiger partial charge in [-0.15, -0.1) is 5.10 Å². The Morgan fingerprint density at radius 1 is 1.47 bits per heavy atom. The fraction of sp³-hybridized carbons (Fsp3) is 0.524. The monoisotopic (exact) mass is 501 g/mol. The maximum absolute atomic E-state index is 13.5. The molecule has 13 heteroatoms. The molecule has 0 bridgehead atoms. The van der Waals surface area contributed by atoms with Gasteiger partial charge in [0.2, 0.25) is 5.82 Å². The summed E-state index contributed by atoms with van der Waals surface area (Å²) < 4.78 is 48.5. The van der Waals surface area contributed by atoms with E-state index in [-0.39, 0.29) is 18.0 Å². The smallest absolute Gasteiger partial charge is 0.393 e. The second-order valence-electron chi connectivity index (χ2n) is 7.48. The third kappa shape index (κ3) is 7.92. The molecule has 1 saturated heterocycles. The summed E-state index contributed by atoms with van der Waals surface area (Å²) in [5, 5.41) is 21.3. The Labute approximate surface area is 200 Å². The molecule has 3 rings (SSSR count). The van der Waals surface area contributed by atoms with E-state index >= 15 is 0 Å². The number of hydrogen-bond donors (Lipinski definition) is 3. The molecule has 2 unspecified atom stereocenters. The predicted molar refractivity (Wildman–Crippen MR) is 126 cm³/mol. The molecule has 0 aromatic carbocycles. The molecule has 0 aliphatic carbocycles. The predicted octanol–water partition coefficient (Wildman–Crippen LogP) is 0.688. The minimum Gasteiger partial charge on any atom is -0.393 e. The van der Waals surface area contributed by atoms with E-state index in [0.29, 0.717) is 42.1 Å². The van der Waals surface area contributed by atoms with Crippen molar-refractivity contribution in [1.82, 2.24) is 29.9 Å². The standard InChI is InChI=1S/C18H22F3N5O2.C3H8N2S/c1-3-5-16-15(4-2)22-17(18(19,20)21)26(16)10-12-9-25(24-23-12)11-14-8-13(27)6-7-28-14;1-2-5-3(4)6/h3-5,9,13-14,27H,1,6-8,10-11H2,2H3;2H2,1H3,(H3,4,5,6)/b15-4+,16-5+;. The molecule has 2 atom stereocenters. The van der Waals surface area contributed by atoms with E-state index in [9.17, 15) is 18.3 Å². The first kappa shape index (κ1) is 27.5. The van der Waals surface area contributed by atoms with Gasteiger partial charge in [-0.2, -0.15) is 13.2 Å². The number of alkyl halides is 3. The van der Waals surface area contributed by atoms with E-state index in [2.05, 4.69) is 39.4 Å². The molecule has 1 aliphatic rings. The van der Waals surface area contributed by atoms with Gasteiger partial charge in [0.15, 0.2) is 5.11 Å². The molecule has 2 aromatic heterocycles. The van der Waals surface area contributed by atoms with Crippen molar-refractivity contribution in [2.45, 2.75) is 58.2 Å². The highest BCUT2D eigenvalue weighted by Gasteiger charge is 2.37. The lowest BCUT2D eigenvalue weighted by atomic mass is 10.1. The average Bonchev–Trinajstić information content (AvgIpc) is 3.33. The minimum absolute atomic E-state index is 0.135. The number of nitrogens with two attached hydrogens (primary N) is 1. The van der Waals surface area contributed by atoms with Crippen LogP contribution in [0, 0.1) is 0 Å². The normalized spacial score (nSPS) is 19.5. The third-order valence-corrected chi connectivity index (χ3v) is 4.97. The molecule has 188 valence electrons. The SMILES string of the molecule is C=C/C=c1\c(=C/C)nc(C(F)(F)F)n1Cc1cn(CC2CC(O)CCO2)nn1.CCNC(N)=S. The van der Waals surface area contributed by atoms with E-state index in [1.807, 2.05) is 6.92 Å². The van der Waals surface area contributed by atoms with Crippen molar-refractivity contribution in [1.29, 1.82) is 0 Å². The van der Waals surface area contributed by atoms with E-state index in [4.69, 9.17) is 10.5 Å². The molecule has 0 saturated carbocycles. The van der Waals surface area contributed by atoms with Gasteiger partial charge >= 0.3 is 6.18 Å². The number of imidazole rings is 1.